The molecule has 3 aromatic rings. The van der Waals surface area contributed by atoms with Gasteiger partial charge in [-0.05, 0) is 54.3 Å². The summed E-state index contributed by atoms with van der Waals surface area (Å²) >= 11 is 0. The van der Waals surface area contributed by atoms with Crippen LogP contribution in [-0.4, -0.2) is 67.2 Å². The predicted octanol–water partition coefficient (Wildman–Crippen LogP) is 2.71. The highest BCUT2D eigenvalue weighted by atomic mass is 16.5. The van der Waals surface area contributed by atoms with Gasteiger partial charge in [-0.1, -0.05) is 0 Å². The molecule has 2 heterocycles. The van der Waals surface area contributed by atoms with Gasteiger partial charge in [0.05, 0.1) is 13.2 Å². The summed E-state index contributed by atoms with van der Waals surface area (Å²) < 4.78 is 12.5. The van der Waals surface area contributed by atoms with E-state index in [4.69, 9.17) is 26.4 Å². The molecule has 0 unspecified atom stereocenters. The monoisotopic (exact) mass is 490 g/mol. The van der Waals surface area contributed by atoms with Crippen molar-refractivity contribution in [3.05, 3.63) is 61.2 Å². The normalized spacial score (nSPS) is 11.1. The molecule has 0 saturated heterocycles. The van der Waals surface area contributed by atoms with Gasteiger partial charge in [0.25, 0.3) is 0 Å². The molecular formula is C26H34N8O2. The fourth-order valence-electron chi connectivity index (χ4n) is 3.47. The Morgan fingerprint density at radius 2 is 1.44 bits per heavy atom. The summed E-state index contributed by atoms with van der Waals surface area (Å²) in [5.41, 5.74) is 15.1. The number of pyridine rings is 2. The molecule has 2 aromatic heterocycles. The van der Waals surface area contributed by atoms with E-state index < -0.39 is 0 Å². The molecule has 0 aliphatic rings. The molecular weight excluding hydrogens is 456 g/mol. The van der Waals surface area contributed by atoms with Crippen molar-refractivity contribution < 1.29 is 9.47 Å². The number of aromatic nitrogens is 2. The number of ether oxygens (including phenoxy) is 2. The van der Waals surface area contributed by atoms with E-state index in [2.05, 4.69) is 26.3 Å². The minimum absolute atomic E-state index is 0.0336. The lowest BCUT2D eigenvalue weighted by Gasteiger charge is -2.19. The van der Waals surface area contributed by atoms with Crippen LogP contribution >= 0.6 is 0 Å². The molecule has 6 N–H and O–H groups in total. The molecule has 0 spiro atoms. The van der Waals surface area contributed by atoms with E-state index in [-0.39, 0.29) is 5.96 Å². The van der Waals surface area contributed by atoms with Gasteiger partial charge in [-0.3, -0.25) is 20.4 Å². The minimum atomic E-state index is 0.0336. The van der Waals surface area contributed by atoms with Gasteiger partial charge in [0, 0.05) is 69.2 Å². The third kappa shape index (κ3) is 7.59. The lowest BCUT2D eigenvalue weighted by Crippen LogP contribution is -2.34. The summed E-state index contributed by atoms with van der Waals surface area (Å²) in [7, 11) is 3.43. The number of rotatable bonds is 12. The first-order valence-electron chi connectivity index (χ1n) is 11.7. The molecule has 3 rings (SSSR count). The Labute approximate surface area is 211 Å². The Bertz CT molecular complexity index is 1140. The van der Waals surface area contributed by atoms with Crippen molar-refractivity contribution in [1.29, 1.82) is 5.41 Å². The average Bonchev–Trinajstić information content (AvgIpc) is 2.91. The van der Waals surface area contributed by atoms with Crippen LogP contribution in [0.3, 0.4) is 0 Å². The Balaban J connectivity index is 1.88. The maximum Gasteiger partial charge on any atom is 0.188 e. The third-order valence-electron chi connectivity index (χ3n) is 5.50. The zero-order chi connectivity index (χ0) is 25.8. The molecule has 1 aromatic carbocycles. The Morgan fingerprint density at radius 1 is 0.917 bits per heavy atom. The molecule has 10 heteroatoms. The van der Waals surface area contributed by atoms with Gasteiger partial charge in [0.15, 0.2) is 11.9 Å². The number of nitrogens with one attached hydrogen (secondary N) is 2. The Hall–Kier alpha value is -4.34. The van der Waals surface area contributed by atoms with Crippen molar-refractivity contribution in [3.8, 4) is 33.8 Å². The number of nitrogens with two attached hydrogens (primary N) is 2. The first-order chi connectivity index (χ1) is 17.5. The highest BCUT2D eigenvalue weighted by Gasteiger charge is 2.16. The highest BCUT2D eigenvalue weighted by molar-refractivity contribution is 5.81. The van der Waals surface area contributed by atoms with Crippen molar-refractivity contribution in [2.75, 3.05) is 40.4 Å². The zero-order valence-electron chi connectivity index (χ0n) is 20.8. The Kier molecular flexibility index (Phi) is 9.87. The summed E-state index contributed by atoms with van der Waals surface area (Å²) in [5, 5.41) is 10.6. The maximum atomic E-state index is 7.53. The van der Waals surface area contributed by atoms with E-state index in [0.717, 1.165) is 28.7 Å². The molecule has 0 bridgehead atoms. The van der Waals surface area contributed by atoms with Gasteiger partial charge in [-0.25, -0.2) is 0 Å². The standard InChI is InChI=1S/C26H34N8O2/c1-30-26(29)33-9-3-15-35-23-18-24(36-16-4-14-34(2)25(27)28)22(20-7-12-32-13-8-20)17-21(23)19-5-10-31-11-6-19/h5-8,10-13,17-18H,3-4,9,14-16H2,1-2H3,(H3,27,28)(H3,29,30,33). The smallest absolute Gasteiger partial charge is 0.188 e. The second-order valence-electron chi connectivity index (χ2n) is 8.06. The molecule has 0 fully saturated rings. The molecule has 0 aliphatic carbocycles. The lowest BCUT2D eigenvalue weighted by molar-refractivity contribution is 0.288. The summed E-state index contributed by atoms with van der Waals surface area (Å²) in [6.07, 6.45) is 8.49. The number of aliphatic imine (C=N–C) groups is 1. The van der Waals surface area contributed by atoms with Gasteiger partial charge >= 0.3 is 0 Å². The van der Waals surface area contributed by atoms with E-state index in [1.807, 2.05) is 30.3 Å². The second-order valence-corrected chi connectivity index (χ2v) is 8.06. The van der Waals surface area contributed by atoms with E-state index >= 15 is 0 Å². The maximum absolute atomic E-state index is 7.53. The van der Waals surface area contributed by atoms with Crippen molar-refractivity contribution in [1.82, 2.24) is 20.2 Å². The summed E-state index contributed by atoms with van der Waals surface area (Å²) in [5.74, 6) is 1.86. The Morgan fingerprint density at radius 3 is 1.94 bits per heavy atom. The largest absolute Gasteiger partial charge is 0.493 e. The molecule has 10 nitrogen and oxygen atoms in total. The molecule has 0 radical (unpaired) electrons. The summed E-state index contributed by atoms with van der Waals surface area (Å²) in [4.78, 5) is 13.9. The lowest BCUT2D eigenvalue weighted by atomic mass is 9.98. The molecule has 0 atom stereocenters. The fourth-order valence-corrected chi connectivity index (χ4v) is 3.47. The van der Waals surface area contributed by atoms with Gasteiger partial charge in [0.1, 0.15) is 11.5 Å². The van der Waals surface area contributed by atoms with E-state index in [1.165, 1.54) is 0 Å². The highest BCUT2D eigenvalue weighted by Crippen LogP contribution is 2.41. The van der Waals surface area contributed by atoms with Crippen LogP contribution in [0.4, 0.5) is 0 Å². The first kappa shape index (κ1) is 26.3. The average molecular weight is 491 g/mol. The van der Waals surface area contributed by atoms with Gasteiger partial charge in [-0.2, -0.15) is 0 Å². The van der Waals surface area contributed by atoms with Crippen LogP contribution in [0.15, 0.2) is 66.2 Å². The zero-order valence-corrected chi connectivity index (χ0v) is 20.8. The van der Waals surface area contributed by atoms with Crippen molar-refractivity contribution in [2.24, 2.45) is 16.5 Å². The van der Waals surface area contributed by atoms with Crippen LogP contribution in [0.25, 0.3) is 22.3 Å². The molecule has 0 amide bonds. The van der Waals surface area contributed by atoms with Crippen LogP contribution < -0.4 is 26.3 Å². The SMILES string of the molecule is CN=C(N)NCCCOc1cc(OCCCN(C)C(=N)N)c(-c2ccncc2)cc1-c1ccncc1. The van der Waals surface area contributed by atoms with Crippen LogP contribution in [-0.2, 0) is 0 Å². The predicted molar refractivity (Wildman–Crippen MR) is 143 cm³/mol. The van der Waals surface area contributed by atoms with Crippen LogP contribution in [0.5, 0.6) is 11.5 Å². The van der Waals surface area contributed by atoms with Crippen LogP contribution in [0.2, 0.25) is 0 Å². The van der Waals surface area contributed by atoms with E-state index in [1.54, 1.807) is 43.8 Å². The van der Waals surface area contributed by atoms with Crippen molar-refractivity contribution in [2.45, 2.75) is 12.8 Å². The minimum Gasteiger partial charge on any atom is -0.493 e. The van der Waals surface area contributed by atoms with E-state index in [0.29, 0.717) is 50.2 Å². The molecule has 0 aliphatic heterocycles. The fraction of sp³-hybridized carbons (Fsp3) is 0.308. The first-order valence-corrected chi connectivity index (χ1v) is 11.7. The quantitative estimate of drug-likeness (QED) is 0.172. The molecule has 36 heavy (non-hydrogen) atoms. The van der Waals surface area contributed by atoms with Crippen molar-refractivity contribution in [3.63, 3.8) is 0 Å². The second kappa shape index (κ2) is 13.5. The summed E-state index contributed by atoms with van der Waals surface area (Å²) in [6.45, 7) is 2.22. The molecule has 0 saturated carbocycles. The van der Waals surface area contributed by atoms with Gasteiger partial charge < -0.3 is 31.2 Å². The van der Waals surface area contributed by atoms with Gasteiger partial charge in [-0.15, -0.1) is 0 Å². The number of hydrogen-bond donors (Lipinski definition) is 4. The third-order valence-corrected chi connectivity index (χ3v) is 5.50. The number of hydrogen-bond acceptors (Lipinski definition) is 6. The van der Waals surface area contributed by atoms with Crippen molar-refractivity contribution >= 4 is 11.9 Å². The van der Waals surface area contributed by atoms with Crippen LogP contribution in [0, 0.1) is 5.41 Å². The van der Waals surface area contributed by atoms with E-state index in [9.17, 15) is 0 Å². The number of nitrogens with zero attached hydrogens (tertiary/aromatic N) is 4. The summed E-state index contributed by atoms with van der Waals surface area (Å²) in [6, 6.07) is 11.8. The number of benzene rings is 1. The number of guanidine groups is 2. The van der Waals surface area contributed by atoms with Crippen LogP contribution in [0.1, 0.15) is 12.8 Å². The topological polar surface area (TPSA) is 148 Å². The van der Waals surface area contributed by atoms with Gasteiger partial charge in [0.2, 0.25) is 0 Å². The molecule has 190 valence electrons.